The molecule has 1 rings (SSSR count). The van der Waals surface area contributed by atoms with Crippen LogP contribution in [0.2, 0.25) is 5.02 Å². The number of carboxylic acids is 1. The lowest BCUT2D eigenvalue weighted by molar-refractivity contribution is -0.137. The Morgan fingerprint density at radius 2 is 2.00 bits per heavy atom. The van der Waals surface area contributed by atoms with E-state index in [0.717, 1.165) is 12.1 Å². The molecule has 1 atom stereocenters. The van der Waals surface area contributed by atoms with Crippen molar-refractivity contribution in [2.24, 2.45) is 0 Å². The molecule has 0 aliphatic carbocycles. The second kappa shape index (κ2) is 4.57. The molecule has 0 spiro atoms. The summed E-state index contributed by atoms with van der Waals surface area (Å²) in [6.45, 7) is 1.48. The fourth-order valence-electron chi connectivity index (χ4n) is 1.36. The molecule has 0 heterocycles. The van der Waals surface area contributed by atoms with Gasteiger partial charge in [-0.05, 0) is 18.1 Å². The molecule has 1 aromatic rings. The molecule has 0 saturated carbocycles. The maximum absolute atomic E-state index is 13.3. The molecule has 15 heavy (non-hydrogen) atoms. The zero-order chi connectivity index (χ0) is 11.6. The van der Waals surface area contributed by atoms with Crippen LogP contribution in [0.15, 0.2) is 12.1 Å². The average molecular weight is 235 g/mol. The van der Waals surface area contributed by atoms with Gasteiger partial charge in [-0.25, -0.2) is 8.78 Å². The lowest BCUT2D eigenvalue weighted by Gasteiger charge is -2.12. The van der Waals surface area contributed by atoms with Crippen LogP contribution < -0.4 is 0 Å². The zero-order valence-electron chi connectivity index (χ0n) is 7.93. The fraction of sp³-hybridized carbons (Fsp3) is 0.300. The number of rotatable bonds is 3. The fourth-order valence-corrected chi connectivity index (χ4v) is 1.70. The highest BCUT2D eigenvalue weighted by atomic mass is 35.5. The smallest absolute Gasteiger partial charge is 0.303 e. The number of carbonyl (C=O) groups is 1. The van der Waals surface area contributed by atoms with Crippen molar-refractivity contribution in [3.05, 3.63) is 34.4 Å². The molecule has 0 bridgehead atoms. The second-order valence-corrected chi connectivity index (χ2v) is 3.63. The quantitative estimate of drug-likeness (QED) is 0.816. The molecule has 2 nitrogen and oxygen atoms in total. The third-order valence-electron chi connectivity index (χ3n) is 2.05. The van der Waals surface area contributed by atoms with Gasteiger partial charge in [-0.15, -0.1) is 0 Å². The van der Waals surface area contributed by atoms with E-state index in [-0.39, 0.29) is 17.0 Å². The van der Waals surface area contributed by atoms with Crippen molar-refractivity contribution >= 4 is 17.6 Å². The van der Waals surface area contributed by atoms with Gasteiger partial charge in [-0.2, -0.15) is 0 Å². The maximum atomic E-state index is 13.3. The predicted octanol–water partition coefficient (Wildman–Crippen LogP) is 3.20. The molecule has 0 aliphatic heterocycles. The monoisotopic (exact) mass is 234 g/mol. The van der Waals surface area contributed by atoms with E-state index in [1.807, 2.05) is 0 Å². The van der Waals surface area contributed by atoms with Crippen LogP contribution in [0, 0.1) is 11.6 Å². The first-order valence-electron chi connectivity index (χ1n) is 4.28. The first kappa shape index (κ1) is 11.9. The first-order chi connectivity index (χ1) is 6.93. The minimum absolute atomic E-state index is 0.0842. The Labute approximate surface area is 90.5 Å². The largest absolute Gasteiger partial charge is 0.481 e. The van der Waals surface area contributed by atoms with E-state index in [0.29, 0.717) is 0 Å². The van der Waals surface area contributed by atoms with Crippen LogP contribution >= 0.6 is 11.6 Å². The summed E-state index contributed by atoms with van der Waals surface area (Å²) >= 11 is 5.57. The summed E-state index contributed by atoms with van der Waals surface area (Å²) in [5.41, 5.74) is -0.0842. The minimum Gasteiger partial charge on any atom is -0.481 e. The van der Waals surface area contributed by atoms with E-state index in [9.17, 15) is 13.6 Å². The Morgan fingerprint density at radius 1 is 1.47 bits per heavy atom. The molecule has 0 amide bonds. The van der Waals surface area contributed by atoms with Crippen LogP contribution in [0.1, 0.15) is 24.8 Å². The number of aliphatic carboxylic acids is 1. The third-order valence-corrected chi connectivity index (χ3v) is 2.44. The predicted molar refractivity (Wildman–Crippen MR) is 52.0 cm³/mol. The highest BCUT2D eigenvalue weighted by Gasteiger charge is 2.20. The van der Waals surface area contributed by atoms with Gasteiger partial charge in [0.25, 0.3) is 0 Å². The van der Waals surface area contributed by atoms with Crippen molar-refractivity contribution < 1.29 is 18.7 Å². The van der Waals surface area contributed by atoms with Crippen molar-refractivity contribution in [1.82, 2.24) is 0 Å². The van der Waals surface area contributed by atoms with Crippen molar-refractivity contribution in [1.29, 1.82) is 0 Å². The first-order valence-corrected chi connectivity index (χ1v) is 4.66. The minimum atomic E-state index is -1.08. The Balaban J connectivity index is 3.12. The average Bonchev–Trinajstić information content (AvgIpc) is 2.11. The van der Waals surface area contributed by atoms with E-state index in [1.165, 1.54) is 6.92 Å². The number of hydrogen-bond donors (Lipinski definition) is 1. The Kier molecular flexibility index (Phi) is 3.63. The molecule has 0 saturated heterocycles. The van der Waals surface area contributed by atoms with Crippen LogP contribution in [-0.2, 0) is 4.79 Å². The Bertz CT molecular complexity index is 393. The van der Waals surface area contributed by atoms with E-state index >= 15 is 0 Å². The summed E-state index contributed by atoms with van der Waals surface area (Å²) in [4.78, 5) is 10.4. The number of hydrogen-bond acceptors (Lipinski definition) is 1. The van der Waals surface area contributed by atoms with Gasteiger partial charge in [0.05, 0.1) is 11.4 Å². The lowest BCUT2D eigenvalue weighted by Crippen LogP contribution is -2.06. The van der Waals surface area contributed by atoms with Crippen LogP contribution in [0.5, 0.6) is 0 Å². The van der Waals surface area contributed by atoms with Crippen LogP contribution in [0.4, 0.5) is 8.78 Å². The Hall–Kier alpha value is -1.16. The van der Waals surface area contributed by atoms with E-state index in [2.05, 4.69) is 0 Å². The third kappa shape index (κ3) is 2.65. The van der Waals surface area contributed by atoms with Gasteiger partial charge in [0, 0.05) is 5.56 Å². The normalized spacial score (nSPS) is 12.5. The Morgan fingerprint density at radius 3 is 2.53 bits per heavy atom. The summed E-state index contributed by atoms with van der Waals surface area (Å²) in [5, 5.41) is 8.19. The number of carboxylic acid groups (broad SMARTS) is 1. The van der Waals surface area contributed by atoms with Gasteiger partial charge in [0.2, 0.25) is 0 Å². The van der Waals surface area contributed by atoms with Crippen LogP contribution in [0.3, 0.4) is 0 Å². The summed E-state index contributed by atoms with van der Waals surface area (Å²) < 4.78 is 26.3. The molecule has 1 aromatic carbocycles. The second-order valence-electron chi connectivity index (χ2n) is 3.26. The van der Waals surface area contributed by atoms with E-state index in [1.54, 1.807) is 0 Å². The molecule has 0 aromatic heterocycles. The summed E-state index contributed by atoms with van der Waals surface area (Å²) in [6, 6.07) is 1.85. The maximum Gasteiger partial charge on any atom is 0.303 e. The summed E-state index contributed by atoms with van der Waals surface area (Å²) in [7, 11) is 0. The van der Waals surface area contributed by atoms with Crippen LogP contribution in [0.25, 0.3) is 0 Å². The van der Waals surface area contributed by atoms with Gasteiger partial charge in [-0.3, -0.25) is 4.79 Å². The SMILES string of the molecule is CC(CC(=O)O)c1c(F)ccc(F)c1Cl. The molecule has 1 N–H and O–H groups in total. The molecule has 1 unspecified atom stereocenters. The highest BCUT2D eigenvalue weighted by Crippen LogP contribution is 2.31. The lowest BCUT2D eigenvalue weighted by atomic mass is 9.97. The molecule has 0 aliphatic rings. The van der Waals surface area contributed by atoms with E-state index < -0.39 is 23.5 Å². The topological polar surface area (TPSA) is 37.3 Å². The van der Waals surface area contributed by atoms with Crippen molar-refractivity contribution in [2.75, 3.05) is 0 Å². The van der Waals surface area contributed by atoms with Gasteiger partial charge < -0.3 is 5.11 Å². The van der Waals surface area contributed by atoms with Crippen molar-refractivity contribution in [2.45, 2.75) is 19.3 Å². The summed E-state index contributed by atoms with van der Waals surface area (Å²) in [6.07, 6.45) is -0.292. The van der Waals surface area contributed by atoms with E-state index in [4.69, 9.17) is 16.7 Å². The van der Waals surface area contributed by atoms with Gasteiger partial charge in [-0.1, -0.05) is 18.5 Å². The van der Waals surface area contributed by atoms with Crippen molar-refractivity contribution in [3.63, 3.8) is 0 Å². The zero-order valence-corrected chi connectivity index (χ0v) is 8.68. The standard InChI is InChI=1S/C10H9ClF2O2/c1-5(4-8(14)15)9-6(12)2-3-7(13)10(9)11/h2-3,5H,4H2,1H3,(H,14,15). The molecule has 0 fully saturated rings. The summed E-state index contributed by atoms with van der Waals surface area (Å²) in [5.74, 6) is -3.17. The number of benzene rings is 1. The van der Waals surface area contributed by atoms with Crippen molar-refractivity contribution in [3.8, 4) is 0 Å². The van der Waals surface area contributed by atoms with Gasteiger partial charge in [0.1, 0.15) is 11.6 Å². The van der Waals surface area contributed by atoms with Crippen LogP contribution in [-0.4, -0.2) is 11.1 Å². The molecule has 5 heteroatoms. The van der Waals surface area contributed by atoms with Gasteiger partial charge >= 0.3 is 5.97 Å². The molecular weight excluding hydrogens is 226 g/mol. The number of halogens is 3. The van der Waals surface area contributed by atoms with Gasteiger partial charge in [0.15, 0.2) is 0 Å². The highest BCUT2D eigenvalue weighted by molar-refractivity contribution is 6.31. The molecular formula is C10H9ClF2O2. The molecule has 0 radical (unpaired) electrons. The molecule has 82 valence electrons.